The van der Waals surface area contributed by atoms with Gasteiger partial charge in [-0.05, 0) is 12.3 Å². The minimum atomic E-state index is -0.211. The number of ether oxygens (including phenoxy) is 1. The first-order valence-corrected chi connectivity index (χ1v) is 6.58. The van der Waals surface area contributed by atoms with Gasteiger partial charge in [0.15, 0.2) is 11.5 Å². The summed E-state index contributed by atoms with van der Waals surface area (Å²) < 4.78 is 9.82. The highest BCUT2D eigenvalue weighted by Crippen LogP contribution is 2.06. The van der Waals surface area contributed by atoms with Crippen LogP contribution in [-0.2, 0) is 11.3 Å². The molecule has 0 bridgehead atoms. The molecule has 1 heterocycles. The number of hydrogen-bond acceptors (Lipinski definition) is 4. The van der Waals surface area contributed by atoms with E-state index in [2.05, 4.69) is 33.3 Å². The lowest BCUT2D eigenvalue weighted by Gasteiger charge is -2.09. The van der Waals surface area contributed by atoms with Crippen LogP contribution in [-0.4, -0.2) is 30.0 Å². The molecule has 0 aliphatic heterocycles. The van der Waals surface area contributed by atoms with Crippen molar-refractivity contribution in [2.45, 2.75) is 20.0 Å². The fourth-order valence-corrected chi connectivity index (χ4v) is 2.06. The predicted molar refractivity (Wildman–Crippen MR) is 67.1 cm³/mol. The molecule has 96 valence electrons. The van der Waals surface area contributed by atoms with Gasteiger partial charge in [-0.25, -0.2) is 0 Å². The van der Waals surface area contributed by atoms with Gasteiger partial charge in [-0.2, -0.15) is 0 Å². The molecule has 5 nitrogen and oxygen atoms in total. The molecule has 1 amide bonds. The Morgan fingerprint density at radius 1 is 1.71 bits per heavy atom. The highest BCUT2D eigenvalue weighted by Gasteiger charge is 2.13. The van der Waals surface area contributed by atoms with Crippen LogP contribution >= 0.6 is 15.9 Å². The van der Waals surface area contributed by atoms with Crippen molar-refractivity contribution in [1.82, 2.24) is 10.5 Å². The van der Waals surface area contributed by atoms with Crippen molar-refractivity contribution < 1.29 is 14.1 Å². The number of amides is 1. The van der Waals surface area contributed by atoms with E-state index < -0.39 is 0 Å². The van der Waals surface area contributed by atoms with Crippen LogP contribution in [0.5, 0.6) is 0 Å². The molecule has 1 aromatic rings. The third kappa shape index (κ3) is 4.87. The monoisotopic (exact) mass is 304 g/mol. The topological polar surface area (TPSA) is 64.4 Å². The lowest BCUT2D eigenvalue weighted by molar-refractivity contribution is 0.0938. The summed E-state index contributed by atoms with van der Waals surface area (Å²) in [5, 5.41) is 7.43. The number of nitrogens with zero attached hydrogens (tertiary/aromatic N) is 1. The summed E-state index contributed by atoms with van der Waals surface area (Å²) in [6, 6.07) is 1.59. The van der Waals surface area contributed by atoms with E-state index in [1.807, 2.05) is 0 Å². The van der Waals surface area contributed by atoms with E-state index in [4.69, 9.17) is 9.26 Å². The maximum atomic E-state index is 11.7. The van der Waals surface area contributed by atoms with Crippen molar-refractivity contribution in [3.8, 4) is 0 Å². The number of carbonyl (C=O) groups is 1. The Morgan fingerprint density at radius 2 is 2.47 bits per heavy atom. The van der Waals surface area contributed by atoms with E-state index in [0.29, 0.717) is 30.5 Å². The molecule has 0 aromatic carbocycles. The summed E-state index contributed by atoms with van der Waals surface area (Å²) in [6.45, 7) is 3.04. The van der Waals surface area contributed by atoms with Crippen molar-refractivity contribution in [1.29, 1.82) is 0 Å². The van der Waals surface area contributed by atoms with Gasteiger partial charge in [0.1, 0.15) is 6.61 Å². The first-order valence-electron chi connectivity index (χ1n) is 5.46. The smallest absolute Gasteiger partial charge is 0.273 e. The van der Waals surface area contributed by atoms with Gasteiger partial charge in [0.25, 0.3) is 5.91 Å². The van der Waals surface area contributed by atoms with Crippen molar-refractivity contribution in [3.63, 3.8) is 0 Å². The number of aromatic nitrogens is 1. The molecule has 0 aliphatic rings. The Bertz CT molecular complexity index is 354. The van der Waals surface area contributed by atoms with Gasteiger partial charge < -0.3 is 14.6 Å². The Kier molecular flexibility index (Phi) is 6.21. The number of hydrogen-bond donors (Lipinski definition) is 1. The molecule has 0 radical (unpaired) electrons. The second-order valence-electron chi connectivity index (χ2n) is 3.90. The largest absolute Gasteiger partial charge is 0.377 e. The van der Waals surface area contributed by atoms with Crippen LogP contribution in [0.4, 0.5) is 0 Å². The maximum Gasteiger partial charge on any atom is 0.273 e. The van der Waals surface area contributed by atoms with Crippen molar-refractivity contribution in [2.75, 3.05) is 19.0 Å². The minimum Gasteiger partial charge on any atom is -0.377 e. The molecule has 6 heteroatoms. The molecule has 0 saturated carbocycles. The number of alkyl halides is 1. The molecule has 0 saturated heterocycles. The van der Waals surface area contributed by atoms with Gasteiger partial charge in [0.2, 0.25) is 0 Å². The lowest BCUT2D eigenvalue weighted by Crippen LogP contribution is -2.28. The number of methoxy groups -OCH3 is 1. The quantitative estimate of drug-likeness (QED) is 0.782. The van der Waals surface area contributed by atoms with Crippen molar-refractivity contribution in [3.05, 3.63) is 17.5 Å². The molecule has 1 aromatic heterocycles. The summed E-state index contributed by atoms with van der Waals surface area (Å²) in [7, 11) is 1.56. The summed E-state index contributed by atoms with van der Waals surface area (Å²) in [5.74, 6) is 0.771. The number of halogens is 1. The van der Waals surface area contributed by atoms with Gasteiger partial charge >= 0.3 is 0 Å². The van der Waals surface area contributed by atoms with Crippen LogP contribution in [0.1, 0.15) is 29.6 Å². The second kappa shape index (κ2) is 7.45. The zero-order valence-corrected chi connectivity index (χ0v) is 11.6. The third-order valence-electron chi connectivity index (χ3n) is 2.29. The lowest BCUT2D eigenvalue weighted by atomic mass is 10.1. The summed E-state index contributed by atoms with van der Waals surface area (Å²) in [6.07, 6.45) is 1.02. The van der Waals surface area contributed by atoms with Crippen LogP contribution in [0.2, 0.25) is 0 Å². The Labute approximate surface area is 109 Å². The van der Waals surface area contributed by atoms with E-state index in [1.165, 1.54) is 0 Å². The summed E-state index contributed by atoms with van der Waals surface area (Å²) in [4.78, 5) is 11.7. The van der Waals surface area contributed by atoms with Crippen LogP contribution in [0.25, 0.3) is 0 Å². The minimum absolute atomic E-state index is 0.211. The highest BCUT2D eigenvalue weighted by molar-refractivity contribution is 9.09. The van der Waals surface area contributed by atoms with E-state index in [0.717, 1.165) is 11.8 Å². The summed E-state index contributed by atoms with van der Waals surface area (Å²) >= 11 is 3.37. The zero-order chi connectivity index (χ0) is 12.7. The number of rotatable bonds is 7. The SMILES string of the molecule is COCc1cc(C(=O)NCC(C)CCBr)no1. The molecule has 1 unspecified atom stereocenters. The van der Waals surface area contributed by atoms with Crippen LogP contribution in [0.3, 0.4) is 0 Å². The fraction of sp³-hybridized carbons (Fsp3) is 0.636. The molecule has 0 spiro atoms. The van der Waals surface area contributed by atoms with Gasteiger partial charge in [-0.3, -0.25) is 4.79 Å². The van der Waals surface area contributed by atoms with E-state index in [1.54, 1.807) is 13.2 Å². The third-order valence-corrected chi connectivity index (χ3v) is 2.75. The van der Waals surface area contributed by atoms with Gasteiger partial charge in [0.05, 0.1) is 0 Å². The summed E-state index contributed by atoms with van der Waals surface area (Å²) in [5.41, 5.74) is 0.295. The zero-order valence-electron chi connectivity index (χ0n) is 10.0. The number of nitrogens with one attached hydrogen (secondary N) is 1. The predicted octanol–water partition coefficient (Wildman–Crippen LogP) is 1.97. The highest BCUT2D eigenvalue weighted by atomic mass is 79.9. The average Bonchev–Trinajstić information content (AvgIpc) is 2.75. The van der Waals surface area contributed by atoms with Crippen molar-refractivity contribution >= 4 is 21.8 Å². The van der Waals surface area contributed by atoms with Crippen LogP contribution in [0.15, 0.2) is 10.6 Å². The molecular formula is C11H17BrN2O3. The normalized spacial score (nSPS) is 12.4. The van der Waals surface area contributed by atoms with E-state index in [-0.39, 0.29) is 5.91 Å². The molecule has 0 fully saturated rings. The van der Waals surface area contributed by atoms with Crippen molar-refractivity contribution in [2.24, 2.45) is 5.92 Å². The molecule has 0 aliphatic carbocycles. The van der Waals surface area contributed by atoms with E-state index in [9.17, 15) is 4.79 Å². The van der Waals surface area contributed by atoms with E-state index >= 15 is 0 Å². The molecule has 1 rings (SSSR count). The Hall–Kier alpha value is -0.880. The first-order chi connectivity index (χ1) is 8.17. The molecular weight excluding hydrogens is 288 g/mol. The van der Waals surface area contributed by atoms with Gasteiger partial charge in [0, 0.05) is 25.1 Å². The first kappa shape index (κ1) is 14.2. The Morgan fingerprint density at radius 3 is 3.12 bits per heavy atom. The van der Waals surface area contributed by atoms with Gasteiger partial charge in [-0.15, -0.1) is 0 Å². The van der Waals surface area contributed by atoms with Crippen LogP contribution in [0, 0.1) is 5.92 Å². The maximum absolute atomic E-state index is 11.7. The molecule has 17 heavy (non-hydrogen) atoms. The number of carbonyl (C=O) groups excluding carboxylic acids is 1. The fourth-order valence-electron chi connectivity index (χ4n) is 1.28. The molecule has 1 N–H and O–H groups in total. The molecule has 1 atom stereocenters. The standard InChI is InChI=1S/C11H17BrN2O3/c1-8(3-4-12)6-13-11(15)10-5-9(7-16-2)17-14-10/h5,8H,3-4,6-7H2,1-2H3,(H,13,15). The average molecular weight is 305 g/mol. The Balaban J connectivity index is 2.40. The van der Waals surface area contributed by atoms with Crippen LogP contribution < -0.4 is 5.32 Å². The second-order valence-corrected chi connectivity index (χ2v) is 4.70. The van der Waals surface area contributed by atoms with Gasteiger partial charge in [-0.1, -0.05) is 28.0 Å².